The molecule has 0 saturated carbocycles. The molecule has 1 unspecified atom stereocenters. The van der Waals surface area contributed by atoms with Crippen molar-refractivity contribution in [1.82, 2.24) is 15.3 Å². The van der Waals surface area contributed by atoms with Gasteiger partial charge in [0.05, 0.1) is 11.7 Å². The predicted molar refractivity (Wildman–Crippen MR) is 81.9 cm³/mol. The van der Waals surface area contributed by atoms with Crippen LogP contribution in [0.5, 0.6) is 0 Å². The van der Waals surface area contributed by atoms with Crippen LogP contribution in [0.4, 0.5) is 5.69 Å². The number of aryl methyl sites for hydroxylation is 1. The van der Waals surface area contributed by atoms with Crippen molar-refractivity contribution >= 4 is 11.6 Å². The minimum Gasteiger partial charge on any atom is -0.325 e. The molecule has 5 nitrogen and oxygen atoms in total. The highest BCUT2D eigenvalue weighted by atomic mass is 16.2. The van der Waals surface area contributed by atoms with Crippen molar-refractivity contribution in [3.05, 3.63) is 42.4 Å². The fraction of sp³-hybridized carbons (Fsp3) is 0.312. The number of amides is 1. The molecule has 1 amide bonds. The van der Waals surface area contributed by atoms with E-state index in [4.69, 9.17) is 0 Å². The molecule has 1 fully saturated rings. The number of nitrogens with zero attached hydrogens (tertiary/aromatic N) is 2. The Labute approximate surface area is 123 Å². The number of benzene rings is 1. The highest BCUT2D eigenvalue weighted by Crippen LogP contribution is 2.21. The van der Waals surface area contributed by atoms with Crippen LogP contribution in [-0.4, -0.2) is 28.5 Å². The third kappa shape index (κ3) is 3.25. The lowest BCUT2D eigenvalue weighted by Crippen LogP contribution is -2.35. The molecule has 0 spiro atoms. The topological polar surface area (TPSA) is 66.9 Å². The van der Waals surface area contributed by atoms with Crippen molar-refractivity contribution in [3.63, 3.8) is 0 Å². The first-order valence-electron chi connectivity index (χ1n) is 7.17. The monoisotopic (exact) mass is 282 g/mol. The van der Waals surface area contributed by atoms with Crippen LogP contribution in [0.25, 0.3) is 11.3 Å². The molecule has 1 saturated heterocycles. The number of carbonyl (C=O) groups excluding carboxylic acids is 1. The van der Waals surface area contributed by atoms with Gasteiger partial charge in [-0.2, -0.15) is 0 Å². The molecule has 0 aliphatic carbocycles. The lowest BCUT2D eigenvalue weighted by atomic mass is 10.1. The Morgan fingerprint density at radius 3 is 3.05 bits per heavy atom. The normalized spacial score (nSPS) is 17.7. The fourth-order valence-electron chi connectivity index (χ4n) is 2.51. The minimum absolute atomic E-state index is 0.0310. The van der Waals surface area contributed by atoms with Gasteiger partial charge in [0.15, 0.2) is 0 Å². The Balaban J connectivity index is 1.78. The van der Waals surface area contributed by atoms with Gasteiger partial charge in [-0.3, -0.25) is 4.79 Å². The second-order valence-corrected chi connectivity index (χ2v) is 5.21. The largest absolute Gasteiger partial charge is 0.325 e. The van der Waals surface area contributed by atoms with Crippen LogP contribution >= 0.6 is 0 Å². The summed E-state index contributed by atoms with van der Waals surface area (Å²) in [5, 5.41) is 6.16. The highest BCUT2D eigenvalue weighted by Gasteiger charge is 2.21. The Bertz CT molecular complexity index is 650. The SMILES string of the molecule is Cc1nccc(-c2cccc(NC(=O)C3CCCN3)c2)n1. The van der Waals surface area contributed by atoms with E-state index in [1.165, 1.54) is 0 Å². The first kappa shape index (κ1) is 13.7. The maximum absolute atomic E-state index is 12.1. The Hall–Kier alpha value is -2.27. The smallest absolute Gasteiger partial charge is 0.241 e. The average molecular weight is 282 g/mol. The summed E-state index contributed by atoms with van der Waals surface area (Å²) in [6.45, 7) is 2.78. The molecule has 0 bridgehead atoms. The molecule has 2 heterocycles. The number of hydrogen-bond donors (Lipinski definition) is 2. The van der Waals surface area contributed by atoms with E-state index in [1.54, 1.807) is 6.20 Å². The van der Waals surface area contributed by atoms with Gasteiger partial charge in [-0.05, 0) is 44.5 Å². The Kier molecular flexibility index (Phi) is 3.92. The molecule has 1 aromatic carbocycles. The van der Waals surface area contributed by atoms with Crippen LogP contribution in [0.15, 0.2) is 36.5 Å². The third-order valence-corrected chi connectivity index (χ3v) is 3.58. The molecule has 1 aliphatic heterocycles. The standard InChI is InChI=1S/C16H18N4O/c1-11-17-9-7-14(19-11)12-4-2-5-13(10-12)20-16(21)15-6-3-8-18-15/h2,4-5,7,9-10,15,18H,3,6,8H2,1H3,(H,20,21). The van der Waals surface area contributed by atoms with Crippen molar-refractivity contribution in [2.75, 3.05) is 11.9 Å². The number of carbonyl (C=O) groups is 1. The molecule has 0 radical (unpaired) electrons. The zero-order chi connectivity index (χ0) is 14.7. The van der Waals surface area contributed by atoms with E-state index < -0.39 is 0 Å². The molecule has 2 N–H and O–H groups in total. The molecule has 5 heteroatoms. The highest BCUT2D eigenvalue weighted by molar-refractivity contribution is 5.95. The molecule has 21 heavy (non-hydrogen) atoms. The van der Waals surface area contributed by atoms with Crippen molar-refractivity contribution in [1.29, 1.82) is 0 Å². The zero-order valence-corrected chi connectivity index (χ0v) is 12.0. The molecular weight excluding hydrogens is 264 g/mol. The summed E-state index contributed by atoms with van der Waals surface area (Å²) in [5.41, 5.74) is 2.62. The third-order valence-electron chi connectivity index (χ3n) is 3.58. The second-order valence-electron chi connectivity index (χ2n) is 5.21. The predicted octanol–water partition coefficient (Wildman–Crippen LogP) is 2.14. The number of rotatable bonds is 3. The van der Waals surface area contributed by atoms with Crippen molar-refractivity contribution in [2.24, 2.45) is 0 Å². The van der Waals surface area contributed by atoms with Gasteiger partial charge in [0.25, 0.3) is 0 Å². The molecule has 1 aromatic heterocycles. The zero-order valence-electron chi connectivity index (χ0n) is 12.0. The lowest BCUT2D eigenvalue weighted by Gasteiger charge is -2.12. The van der Waals surface area contributed by atoms with Crippen molar-refractivity contribution in [2.45, 2.75) is 25.8 Å². The molecule has 1 aliphatic rings. The Morgan fingerprint density at radius 1 is 1.38 bits per heavy atom. The van der Waals surface area contributed by atoms with E-state index in [0.29, 0.717) is 0 Å². The molecule has 2 aromatic rings. The van der Waals surface area contributed by atoms with E-state index in [1.807, 2.05) is 37.3 Å². The maximum Gasteiger partial charge on any atom is 0.241 e. The summed E-state index contributed by atoms with van der Waals surface area (Å²) in [6.07, 6.45) is 3.69. The lowest BCUT2D eigenvalue weighted by molar-refractivity contribution is -0.117. The average Bonchev–Trinajstić information content (AvgIpc) is 3.02. The summed E-state index contributed by atoms with van der Waals surface area (Å²) >= 11 is 0. The van der Waals surface area contributed by atoms with Gasteiger partial charge < -0.3 is 10.6 Å². The van der Waals surface area contributed by atoms with E-state index in [2.05, 4.69) is 20.6 Å². The van der Waals surface area contributed by atoms with Gasteiger partial charge in [-0.1, -0.05) is 12.1 Å². The number of hydrogen-bond acceptors (Lipinski definition) is 4. The van der Waals surface area contributed by atoms with Crippen LogP contribution in [0, 0.1) is 6.92 Å². The molecule has 108 valence electrons. The van der Waals surface area contributed by atoms with Crippen LogP contribution in [0.2, 0.25) is 0 Å². The van der Waals surface area contributed by atoms with Crippen LogP contribution in [0.3, 0.4) is 0 Å². The van der Waals surface area contributed by atoms with E-state index >= 15 is 0 Å². The number of anilines is 1. The second kappa shape index (κ2) is 6.01. The van der Waals surface area contributed by atoms with Gasteiger partial charge >= 0.3 is 0 Å². The summed E-state index contributed by atoms with van der Waals surface area (Å²) in [6, 6.07) is 9.52. The first-order chi connectivity index (χ1) is 10.2. The van der Waals surface area contributed by atoms with Gasteiger partial charge in [-0.25, -0.2) is 9.97 Å². The van der Waals surface area contributed by atoms with Crippen LogP contribution in [0.1, 0.15) is 18.7 Å². The summed E-state index contributed by atoms with van der Waals surface area (Å²) in [5.74, 6) is 0.764. The minimum atomic E-state index is -0.0741. The van der Waals surface area contributed by atoms with E-state index in [9.17, 15) is 4.79 Å². The van der Waals surface area contributed by atoms with Gasteiger partial charge in [-0.15, -0.1) is 0 Å². The maximum atomic E-state index is 12.1. The fourth-order valence-corrected chi connectivity index (χ4v) is 2.51. The van der Waals surface area contributed by atoms with Crippen LogP contribution < -0.4 is 10.6 Å². The summed E-state index contributed by atoms with van der Waals surface area (Å²) in [4.78, 5) is 20.6. The molecular formula is C16H18N4O. The first-order valence-corrected chi connectivity index (χ1v) is 7.17. The Morgan fingerprint density at radius 2 is 2.29 bits per heavy atom. The summed E-state index contributed by atoms with van der Waals surface area (Å²) < 4.78 is 0. The van der Waals surface area contributed by atoms with E-state index in [-0.39, 0.29) is 11.9 Å². The van der Waals surface area contributed by atoms with Crippen molar-refractivity contribution in [3.8, 4) is 11.3 Å². The van der Waals surface area contributed by atoms with Gasteiger partial charge in [0.1, 0.15) is 5.82 Å². The van der Waals surface area contributed by atoms with Crippen molar-refractivity contribution < 1.29 is 4.79 Å². The molecule has 3 rings (SSSR count). The number of aromatic nitrogens is 2. The quantitative estimate of drug-likeness (QED) is 0.905. The van der Waals surface area contributed by atoms with Gasteiger partial charge in [0, 0.05) is 17.4 Å². The van der Waals surface area contributed by atoms with Gasteiger partial charge in [0.2, 0.25) is 5.91 Å². The number of nitrogens with one attached hydrogen (secondary N) is 2. The summed E-state index contributed by atoms with van der Waals surface area (Å²) in [7, 11) is 0. The van der Waals surface area contributed by atoms with Crippen LogP contribution in [-0.2, 0) is 4.79 Å². The molecule has 1 atom stereocenters. The van der Waals surface area contributed by atoms with E-state index in [0.717, 1.165) is 42.2 Å².